The maximum absolute atomic E-state index is 10.9. The van der Waals surface area contributed by atoms with Crippen LogP contribution in [0.4, 0.5) is 5.69 Å². The first-order valence-corrected chi connectivity index (χ1v) is 5.35. The van der Waals surface area contributed by atoms with E-state index in [0.717, 1.165) is 0 Å². The molecule has 0 radical (unpaired) electrons. The molecule has 1 aliphatic rings. The van der Waals surface area contributed by atoms with Crippen molar-refractivity contribution >= 4 is 23.4 Å². The third-order valence-corrected chi connectivity index (χ3v) is 3.18. The molecule has 1 saturated heterocycles. The largest absolute Gasteiger partial charge is 0.397 e. The Labute approximate surface area is 91.2 Å². The molecule has 2 rings (SSSR count). The van der Waals surface area contributed by atoms with Crippen LogP contribution >= 0.6 is 11.8 Å². The number of ether oxygens (including phenoxy) is 1. The van der Waals surface area contributed by atoms with Crippen molar-refractivity contribution < 1.29 is 9.53 Å². The van der Waals surface area contributed by atoms with E-state index in [1.165, 1.54) is 17.8 Å². The molecule has 1 aliphatic heterocycles. The summed E-state index contributed by atoms with van der Waals surface area (Å²) in [5, 5.41) is 1.03. The molecule has 0 spiro atoms. The highest BCUT2D eigenvalue weighted by Crippen LogP contribution is 2.30. The Morgan fingerprint density at radius 2 is 2.27 bits per heavy atom. The van der Waals surface area contributed by atoms with E-state index < -0.39 is 5.91 Å². The van der Waals surface area contributed by atoms with Crippen LogP contribution in [-0.2, 0) is 4.74 Å². The van der Waals surface area contributed by atoms with Crippen molar-refractivity contribution in [2.45, 2.75) is 10.3 Å². The molecule has 80 valence electrons. The quantitative estimate of drug-likeness (QED) is 0.769. The molecule has 15 heavy (non-hydrogen) atoms. The number of nitrogens with two attached hydrogens (primary N) is 2. The van der Waals surface area contributed by atoms with Crippen LogP contribution in [0.2, 0.25) is 0 Å². The Morgan fingerprint density at radius 1 is 1.53 bits per heavy atom. The van der Waals surface area contributed by atoms with Gasteiger partial charge in [-0.3, -0.25) is 4.79 Å². The predicted molar refractivity (Wildman–Crippen MR) is 57.6 cm³/mol. The van der Waals surface area contributed by atoms with Gasteiger partial charge in [0, 0.05) is 0 Å². The number of nitrogen functional groups attached to an aromatic ring is 1. The standard InChI is InChI=1S/C9H11N3O2S/c10-6-1-2-7(8(11)13)12-9(6)15-5-3-14-4-5/h1-2,5H,3-4,10H2,(H2,11,13). The van der Waals surface area contributed by atoms with E-state index in [1.54, 1.807) is 6.07 Å². The third-order valence-electron chi connectivity index (χ3n) is 2.03. The van der Waals surface area contributed by atoms with Crippen molar-refractivity contribution in [3.8, 4) is 0 Å². The molecule has 0 unspecified atom stereocenters. The summed E-state index contributed by atoms with van der Waals surface area (Å²) in [6.45, 7) is 1.40. The first kappa shape index (κ1) is 10.3. The summed E-state index contributed by atoms with van der Waals surface area (Å²) < 4.78 is 5.04. The van der Waals surface area contributed by atoms with Gasteiger partial charge in [-0.15, -0.1) is 0 Å². The van der Waals surface area contributed by atoms with Gasteiger partial charge in [0.15, 0.2) is 0 Å². The van der Waals surface area contributed by atoms with Gasteiger partial charge in [-0.1, -0.05) is 11.8 Å². The van der Waals surface area contributed by atoms with Crippen LogP contribution in [-0.4, -0.2) is 29.4 Å². The molecule has 1 aromatic heterocycles. The monoisotopic (exact) mass is 225 g/mol. The molecule has 0 bridgehead atoms. The molecular weight excluding hydrogens is 214 g/mol. The Bertz CT molecular complexity index is 393. The Hall–Kier alpha value is -1.27. The van der Waals surface area contributed by atoms with Gasteiger partial charge in [0.2, 0.25) is 0 Å². The first-order chi connectivity index (χ1) is 7.16. The van der Waals surface area contributed by atoms with Crippen molar-refractivity contribution in [3.63, 3.8) is 0 Å². The van der Waals surface area contributed by atoms with E-state index >= 15 is 0 Å². The lowest BCUT2D eigenvalue weighted by atomic mass is 10.3. The Kier molecular flexibility index (Phi) is 2.79. The second-order valence-electron chi connectivity index (χ2n) is 3.23. The van der Waals surface area contributed by atoms with Gasteiger partial charge in [-0.05, 0) is 12.1 Å². The van der Waals surface area contributed by atoms with E-state index in [4.69, 9.17) is 16.2 Å². The molecule has 0 aliphatic carbocycles. The molecule has 6 heteroatoms. The SMILES string of the molecule is NC(=O)c1ccc(N)c(SC2COC2)n1. The number of hydrogen-bond acceptors (Lipinski definition) is 5. The number of amides is 1. The van der Waals surface area contributed by atoms with Crippen LogP contribution in [0.1, 0.15) is 10.5 Å². The minimum atomic E-state index is -0.540. The highest BCUT2D eigenvalue weighted by molar-refractivity contribution is 8.00. The smallest absolute Gasteiger partial charge is 0.267 e. The fourth-order valence-electron chi connectivity index (χ4n) is 1.12. The Morgan fingerprint density at radius 3 is 2.80 bits per heavy atom. The van der Waals surface area contributed by atoms with Crippen molar-refractivity contribution in [1.82, 2.24) is 4.98 Å². The number of pyridine rings is 1. The molecule has 1 aromatic rings. The lowest BCUT2D eigenvalue weighted by Gasteiger charge is -2.25. The topological polar surface area (TPSA) is 91.2 Å². The fraction of sp³-hybridized carbons (Fsp3) is 0.333. The third kappa shape index (κ3) is 2.21. The van der Waals surface area contributed by atoms with Crippen LogP contribution in [0, 0.1) is 0 Å². The van der Waals surface area contributed by atoms with E-state index in [9.17, 15) is 4.79 Å². The zero-order valence-electron chi connectivity index (χ0n) is 7.97. The maximum atomic E-state index is 10.9. The number of carbonyl (C=O) groups excluding carboxylic acids is 1. The lowest BCUT2D eigenvalue weighted by molar-refractivity contribution is 0.0455. The lowest BCUT2D eigenvalue weighted by Crippen LogP contribution is -2.30. The summed E-state index contributed by atoms with van der Waals surface area (Å²) in [5.74, 6) is -0.540. The average Bonchev–Trinajstić information content (AvgIpc) is 2.13. The summed E-state index contributed by atoms with van der Waals surface area (Å²) in [5.41, 5.74) is 11.7. The molecular formula is C9H11N3O2S. The normalized spacial score (nSPS) is 16.0. The van der Waals surface area contributed by atoms with Gasteiger partial charge in [-0.25, -0.2) is 4.98 Å². The van der Waals surface area contributed by atoms with E-state index in [1.807, 2.05) is 0 Å². The second-order valence-corrected chi connectivity index (χ2v) is 4.52. The number of hydrogen-bond donors (Lipinski definition) is 2. The van der Waals surface area contributed by atoms with Crippen LogP contribution < -0.4 is 11.5 Å². The van der Waals surface area contributed by atoms with E-state index in [0.29, 0.717) is 29.2 Å². The van der Waals surface area contributed by atoms with Crippen molar-refractivity contribution in [1.29, 1.82) is 0 Å². The minimum Gasteiger partial charge on any atom is -0.397 e. The van der Waals surface area contributed by atoms with Gasteiger partial charge in [0.05, 0.1) is 24.2 Å². The van der Waals surface area contributed by atoms with Crippen molar-refractivity contribution in [2.24, 2.45) is 5.73 Å². The molecule has 2 heterocycles. The minimum absolute atomic E-state index is 0.243. The fourth-order valence-corrected chi connectivity index (χ4v) is 2.12. The average molecular weight is 225 g/mol. The number of aromatic nitrogens is 1. The van der Waals surface area contributed by atoms with Gasteiger partial charge in [0.25, 0.3) is 5.91 Å². The van der Waals surface area contributed by atoms with Crippen LogP contribution in [0.3, 0.4) is 0 Å². The van der Waals surface area contributed by atoms with Crippen molar-refractivity contribution in [2.75, 3.05) is 18.9 Å². The summed E-state index contributed by atoms with van der Waals surface area (Å²) in [6, 6.07) is 3.17. The molecule has 4 N–H and O–H groups in total. The Balaban J connectivity index is 2.19. The van der Waals surface area contributed by atoms with E-state index in [2.05, 4.69) is 4.98 Å². The zero-order chi connectivity index (χ0) is 10.8. The van der Waals surface area contributed by atoms with Gasteiger partial charge in [-0.2, -0.15) is 0 Å². The molecule has 1 amide bonds. The predicted octanol–water partition coefficient (Wildman–Crippen LogP) is 0.254. The zero-order valence-corrected chi connectivity index (χ0v) is 8.79. The number of anilines is 1. The number of thioether (sulfide) groups is 1. The molecule has 0 atom stereocenters. The van der Waals surface area contributed by atoms with E-state index in [-0.39, 0.29) is 5.69 Å². The summed E-state index contributed by atoms with van der Waals surface area (Å²) >= 11 is 1.52. The van der Waals surface area contributed by atoms with Crippen molar-refractivity contribution in [3.05, 3.63) is 17.8 Å². The number of nitrogens with zero attached hydrogens (tertiary/aromatic N) is 1. The number of primary amides is 1. The van der Waals surface area contributed by atoms with Crippen LogP contribution in [0.15, 0.2) is 17.2 Å². The molecule has 1 fully saturated rings. The first-order valence-electron chi connectivity index (χ1n) is 4.47. The summed E-state index contributed by atoms with van der Waals surface area (Å²) in [4.78, 5) is 15.0. The molecule has 5 nitrogen and oxygen atoms in total. The van der Waals surface area contributed by atoms with Crippen LogP contribution in [0.5, 0.6) is 0 Å². The highest BCUT2D eigenvalue weighted by atomic mass is 32.2. The number of carbonyl (C=O) groups is 1. The van der Waals surface area contributed by atoms with Gasteiger partial charge >= 0.3 is 0 Å². The maximum Gasteiger partial charge on any atom is 0.267 e. The van der Waals surface area contributed by atoms with Crippen LogP contribution in [0.25, 0.3) is 0 Å². The van der Waals surface area contributed by atoms with Gasteiger partial charge in [0.1, 0.15) is 10.7 Å². The summed E-state index contributed by atoms with van der Waals surface area (Å²) in [7, 11) is 0. The summed E-state index contributed by atoms with van der Waals surface area (Å²) in [6.07, 6.45) is 0. The molecule has 0 saturated carbocycles. The molecule has 0 aromatic carbocycles. The van der Waals surface area contributed by atoms with Gasteiger partial charge < -0.3 is 16.2 Å². The number of rotatable bonds is 3. The highest BCUT2D eigenvalue weighted by Gasteiger charge is 2.21. The second kappa shape index (κ2) is 4.08.